The standard InChI is InChI=1S/C23H36N4O5/c1-14(2)10-17(24)21(29)25-13-20(28)26-18(11-15(3)4)22(30)27-19(23(31)32)12-16-8-6-5-7-9-16/h5-9,14-15,17-19H,10-13,24H2,1-4H3,(H,25,29)(H,26,28)(H,27,30)(H,31,32). The van der Waals surface area contributed by atoms with Crippen LogP contribution in [0.15, 0.2) is 30.3 Å². The molecule has 0 aliphatic carbocycles. The van der Waals surface area contributed by atoms with Crippen LogP contribution < -0.4 is 21.7 Å². The van der Waals surface area contributed by atoms with Crippen molar-refractivity contribution < 1.29 is 24.3 Å². The lowest BCUT2D eigenvalue weighted by molar-refractivity contribution is -0.142. The van der Waals surface area contributed by atoms with Gasteiger partial charge in [0.1, 0.15) is 12.1 Å². The van der Waals surface area contributed by atoms with Gasteiger partial charge in [0.2, 0.25) is 17.7 Å². The fourth-order valence-corrected chi connectivity index (χ4v) is 3.18. The van der Waals surface area contributed by atoms with Gasteiger partial charge in [0.05, 0.1) is 12.6 Å². The Morgan fingerprint density at radius 2 is 1.47 bits per heavy atom. The summed E-state index contributed by atoms with van der Waals surface area (Å²) >= 11 is 0. The molecule has 1 aromatic carbocycles. The minimum absolute atomic E-state index is 0.0671. The van der Waals surface area contributed by atoms with E-state index >= 15 is 0 Å². The number of rotatable bonds is 13. The molecular weight excluding hydrogens is 412 g/mol. The summed E-state index contributed by atoms with van der Waals surface area (Å²) in [7, 11) is 0. The molecule has 0 radical (unpaired) electrons. The predicted octanol–water partition coefficient (Wildman–Crippen LogP) is 0.819. The van der Waals surface area contributed by atoms with E-state index in [1.54, 1.807) is 24.3 Å². The second kappa shape index (κ2) is 13.5. The van der Waals surface area contributed by atoms with E-state index in [0.717, 1.165) is 5.56 Å². The Morgan fingerprint density at radius 3 is 2.00 bits per heavy atom. The van der Waals surface area contributed by atoms with E-state index in [0.29, 0.717) is 12.8 Å². The average Bonchev–Trinajstić information content (AvgIpc) is 2.70. The molecule has 0 aromatic heterocycles. The Morgan fingerprint density at radius 1 is 0.875 bits per heavy atom. The van der Waals surface area contributed by atoms with Gasteiger partial charge in [-0.25, -0.2) is 4.79 Å². The van der Waals surface area contributed by atoms with Crippen molar-refractivity contribution in [3.8, 4) is 0 Å². The van der Waals surface area contributed by atoms with Crippen molar-refractivity contribution >= 4 is 23.7 Å². The molecular formula is C23H36N4O5. The maximum absolute atomic E-state index is 12.8. The molecule has 1 aromatic rings. The van der Waals surface area contributed by atoms with Crippen LogP contribution >= 0.6 is 0 Å². The maximum atomic E-state index is 12.8. The molecule has 3 unspecified atom stereocenters. The monoisotopic (exact) mass is 448 g/mol. The number of aliphatic carboxylic acids is 1. The molecule has 9 heteroatoms. The van der Waals surface area contributed by atoms with Crippen LogP contribution in [-0.2, 0) is 25.6 Å². The van der Waals surface area contributed by atoms with E-state index in [4.69, 9.17) is 5.73 Å². The van der Waals surface area contributed by atoms with E-state index < -0.39 is 41.8 Å². The van der Waals surface area contributed by atoms with E-state index in [1.165, 1.54) is 0 Å². The lowest BCUT2D eigenvalue weighted by Gasteiger charge is -2.23. The van der Waals surface area contributed by atoms with Crippen molar-refractivity contribution in [2.75, 3.05) is 6.54 Å². The Kier molecular flexibility index (Phi) is 11.4. The van der Waals surface area contributed by atoms with Gasteiger partial charge in [-0.3, -0.25) is 14.4 Å². The molecule has 3 atom stereocenters. The number of hydrogen-bond donors (Lipinski definition) is 5. The van der Waals surface area contributed by atoms with E-state index in [2.05, 4.69) is 16.0 Å². The van der Waals surface area contributed by atoms with E-state index in [-0.39, 0.29) is 24.8 Å². The van der Waals surface area contributed by atoms with E-state index in [1.807, 2.05) is 33.8 Å². The summed E-state index contributed by atoms with van der Waals surface area (Å²) < 4.78 is 0. The van der Waals surface area contributed by atoms with Crippen molar-refractivity contribution in [1.82, 2.24) is 16.0 Å². The van der Waals surface area contributed by atoms with Gasteiger partial charge in [-0.2, -0.15) is 0 Å². The highest BCUT2D eigenvalue weighted by atomic mass is 16.4. The highest BCUT2D eigenvalue weighted by molar-refractivity contribution is 5.92. The quantitative estimate of drug-likeness (QED) is 0.301. The molecule has 0 bridgehead atoms. The minimum Gasteiger partial charge on any atom is -0.480 e. The van der Waals surface area contributed by atoms with Crippen LogP contribution in [0.3, 0.4) is 0 Å². The smallest absolute Gasteiger partial charge is 0.326 e. The van der Waals surface area contributed by atoms with Gasteiger partial charge in [0.15, 0.2) is 0 Å². The number of amides is 3. The number of carbonyl (C=O) groups is 4. The number of nitrogens with two attached hydrogens (primary N) is 1. The van der Waals surface area contributed by atoms with Crippen molar-refractivity contribution in [3.63, 3.8) is 0 Å². The number of carboxylic acid groups (broad SMARTS) is 1. The first-order chi connectivity index (χ1) is 15.0. The lowest BCUT2D eigenvalue weighted by Crippen LogP contribution is -2.54. The van der Waals surface area contributed by atoms with Crippen LogP contribution in [0, 0.1) is 11.8 Å². The van der Waals surface area contributed by atoms with Crippen LogP contribution in [-0.4, -0.2) is 53.5 Å². The second-order valence-corrected chi connectivity index (χ2v) is 8.79. The first kappa shape index (κ1) is 27.1. The summed E-state index contributed by atoms with van der Waals surface area (Å²) in [5, 5.41) is 17.1. The number of carboxylic acids is 1. The first-order valence-electron chi connectivity index (χ1n) is 10.9. The van der Waals surface area contributed by atoms with Gasteiger partial charge >= 0.3 is 5.97 Å². The molecule has 32 heavy (non-hydrogen) atoms. The number of carbonyl (C=O) groups excluding carboxylic acids is 3. The molecule has 178 valence electrons. The molecule has 1 rings (SSSR count). The summed E-state index contributed by atoms with van der Waals surface area (Å²) in [6.45, 7) is 7.34. The predicted molar refractivity (Wildman–Crippen MR) is 122 cm³/mol. The zero-order valence-electron chi connectivity index (χ0n) is 19.3. The summed E-state index contributed by atoms with van der Waals surface area (Å²) in [5.74, 6) is -2.43. The molecule has 3 amide bonds. The van der Waals surface area contributed by atoms with Crippen molar-refractivity contribution in [2.24, 2.45) is 17.6 Å². The Balaban J connectivity index is 2.72. The van der Waals surface area contributed by atoms with Gasteiger partial charge in [-0.05, 0) is 30.2 Å². The van der Waals surface area contributed by atoms with Gasteiger partial charge < -0.3 is 26.8 Å². The van der Waals surface area contributed by atoms with E-state index in [9.17, 15) is 24.3 Å². The van der Waals surface area contributed by atoms with Gasteiger partial charge in [-0.1, -0.05) is 58.0 Å². The number of benzene rings is 1. The third kappa shape index (κ3) is 10.4. The Bertz CT molecular complexity index is 767. The van der Waals surface area contributed by atoms with Crippen LogP contribution in [0.2, 0.25) is 0 Å². The average molecular weight is 449 g/mol. The Hall–Kier alpha value is -2.94. The van der Waals surface area contributed by atoms with Crippen molar-refractivity contribution in [1.29, 1.82) is 0 Å². The summed E-state index contributed by atoms with van der Waals surface area (Å²) in [6.07, 6.45) is 0.925. The highest BCUT2D eigenvalue weighted by Gasteiger charge is 2.27. The highest BCUT2D eigenvalue weighted by Crippen LogP contribution is 2.08. The molecule has 0 fully saturated rings. The van der Waals surface area contributed by atoms with Crippen LogP contribution in [0.25, 0.3) is 0 Å². The van der Waals surface area contributed by atoms with Gasteiger partial charge in [0, 0.05) is 6.42 Å². The fourth-order valence-electron chi connectivity index (χ4n) is 3.18. The third-order valence-electron chi connectivity index (χ3n) is 4.74. The Labute approximate surface area is 189 Å². The van der Waals surface area contributed by atoms with Crippen molar-refractivity contribution in [3.05, 3.63) is 35.9 Å². The summed E-state index contributed by atoms with van der Waals surface area (Å²) in [5.41, 5.74) is 6.57. The molecule has 0 aliphatic heterocycles. The molecule has 9 nitrogen and oxygen atoms in total. The second-order valence-electron chi connectivity index (χ2n) is 8.79. The van der Waals surface area contributed by atoms with Crippen LogP contribution in [0.5, 0.6) is 0 Å². The topological polar surface area (TPSA) is 151 Å². The van der Waals surface area contributed by atoms with Crippen LogP contribution in [0.4, 0.5) is 0 Å². The minimum atomic E-state index is -1.16. The molecule has 0 heterocycles. The largest absolute Gasteiger partial charge is 0.480 e. The normalized spacial score (nSPS) is 13.8. The summed E-state index contributed by atoms with van der Waals surface area (Å²) in [6, 6.07) is 6.18. The molecule has 0 saturated carbocycles. The maximum Gasteiger partial charge on any atom is 0.326 e. The molecule has 0 spiro atoms. The SMILES string of the molecule is CC(C)CC(N)C(=O)NCC(=O)NC(CC(C)C)C(=O)NC(Cc1ccccc1)C(=O)O. The number of nitrogens with one attached hydrogen (secondary N) is 3. The summed E-state index contributed by atoms with van der Waals surface area (Å²) in [4.78, 5) is 48.8. The third-order valence-corrected chi connectivity index (χ3v) is 4.74. The molecule has 6 N–H and O–H groups in total. The van der Waals surface area contributed by atoms with Crippen LogP contribution in [0.1, 0.15) is 46.1 Å². The fraction of sp³-hybridized carbons (Fsp3) is 0.565. The first-order valence-corrected chi connectivity index (χ1v) is 10.9. The van der Waals surface area contributed by atoms with Gasteiger partial charge in [0.25, 0.3) is 0 Å². The zero-order chi connectivity index (χ0) is 24.3. The van der Waals surface area contributed by atoms with Crippen molar-refractivity contribution in [2.45, 2.75) is 65.1 Å². The molecule has 0 aliphatic rings. The number of hydrogen-bond acceptors (Lipinski definition) is 5. The van der Waals surface area contributed by atoms with Gasteiger partial charge in [-0.15, -0.1) is 0 Å². The lowest BCUT2D eigenvalue weighted by atomic mass is 10.0. The zero-order valence-corrected chi connectivity index (χ0v) is 19.3. The molecule has 0 saturated heterocycles.